The summed E-state index contributed by atoms with van der Waals surface area (Å²) in [6, 6.07) is 3.07. The molecule has 0 aliphatic heterocycles. The van der Waals surface area contributed by atoms with Crippen molar-refractivity contribution in [2.45, 2.75) is 6.92 Å². The molecule has 0 amide bonds. The zero-order valence-corrected chi connectivity index (χ0v) is 7.74. The molecule has 0 aromatic heterocycles. The third kappa shape index (κ3) is 2.01. The van der Waals surface area contributed by atoms with Gasteiger partial charge >= 0.3 is 0 Å². The fourth-order valence-corrected chi connectivity index (χ4v) is 0.890. The predicted octanol–water partition coefficient (Wildman–Crippen LogP) is 2.15. The maximum absolute atomic E-state index is 12.8. The molecule has 0 bridgehead atoms. The predicted molar refractivity (Wildman–Crippen MR) is 49.3 cm³/mol. The van der Waals surface area contributed by atoms with E-state index >= 15 is 0 Å². The van der Waals surface area contributed by atoms with E-state index in [1.807, 2.05) is 0 Å². The topological polar surface area (TPSA) is 35.2 Å². The lowest BCUT2D eigenvalue weighted by Crippen LogP contribution is -1.96. The second-order valence-corrected chi connectivity index (χ2v) is 2.36. The van der Waals surface area contributed by atoms with Crippen molar-refractivity contribution in [2.24, 2.45) is 0 Å². The highest BCUT2D eigenvalue weighted by Crippen LogP contribution is 2.25. The van der Waals surface area contributed by atoms with E-state index in [2.05, 4.69) is 0 Å². The molecule has 0 aliphatic rings. The van der Waals surface area contributed by atoms with Crippen LogP contribution >= 0.6 is 12.4 Å². The van der Waals surface area contributed by atoms with Crippen molar-refractivity contribution >= 4 is 18.1 Å². The highest BCUT2D eigenvalue weighted by atomic mass is 35.5. The Morgan fingerprint density at radius 3 is 2.50 bits per heavy atom. The van der Waals surface area contributed by atoms with E-state index in [1.165, 1.54) is 13.2 Å². The van der Waals surface area contributed by atoms with E-state index in [-0.39, 0.29) is 18.1 Å². The van der Waals surface area contributed by atoms with Gasteiger partial charge in [0.05, 0.1) is 7.11 Å². The van der Waals surface area contributed by atoms with Crippen LogP contribution in [0.2, 0.25) is 0 Å². The van der Waals surface area contributed by atoms with Crippen LogP contribution in [-0.2, 0) is 0 Å². The Morgan fingerprint density at radius 1 is 1.42 bits per heavy atom. The van der Waals surface area contributed by atoms with Crippen LogP contribution in [-0.4, -0.2) is 7.11 Å². The molecule has 68 valence electrons. The number of aryl methyl sites for hydroxylation is 1. The van der Waals surface area contributed by atoms with Gasteiger partial charge in [0.25, 0.3) is 0 Å². The van der Waals surface area contributed by atoms with Crippen molar-refractivity contribution in [3.8, 4) is 5.75 Å². The van der Waals surface area contributed by atoms with Gasteiger partial charge in [0.1, 0.15) is 17.3 Å². The smallest absolute Gasteiger partial charge is 0.150 e. The van der Waals surface area contributed by atoms with Crippen molar-refractivity contribution in [1.82, 2.24) is 0 Å². The third-order valence-electron chi connectivity index (χ3n) is 1.46. The average molecular weight is 192 g/mol. The number of hydrogen-bond donors (Lipinski definition) is 1. The van der Waals surface area contributed by atoms with E-state index in [9.17, 15) is 4.39 Å². The first kappa shape index (κ1) is 11.0. The molecule has 2 N–H and O–H groups in total. The van der Waals surface area contributed by atoms with E-state index in [0.29, 0.717) is 5.75 Å². The van der Waals surface area contributed by atoms with Crippen LogP contribution in [0.25, 0.3) is 0 Å². The van der Waals surface area contributed by atoms with Gasteiger partial charge in [-0.15, -0.1) is 12.4 Å². The number of methoxy groups -OCH3 is 1. The van der Waals surface area contributed by atoms with Crippen molar-refractivity contribution < 1.29 is 9.13 Å². The summed E-state index contributed by atoms with van der Waals surface area (Å²) in [6.07, 6.45) is 0. The lowest BCUT2D eigenvalue weighted by molar-refractivity contribution is 0.414. The molecule has 2 nitrogen and oxygen atoms in total. The zero-order valence-electron chi connectivity index (χ0n) is 6.93. The minimum absolute atomic E-state index is 0. The molecule has 0 spiro atoms. The molecular weight excluding hydrogens is 181 g/mol. The van der Waals surface area contributed by atoms with Crippen molar-refractivity contribution in [3.63, 3.8) is 0 Å². The van der Waals surface area contributed by atoms with Gasteiger partial charge in [-0.2, -0.15) is 0 Å². The second-order valence-electron chi connectivity index (χ2n) is 2.36. The van der Waals surface area contributed by atoms with Gasteiger partial charge in [0.15, 0.2) is 0 Å². The number of nitrogens with two attached hydrogens (primary N) is 1. The minimum Gasteiger partial charge on any atom is -0.494 e. The lowest BCUT2D eigenvalue weighted by atomic mass is 10.2. The van der Waals surface area contributed by atoms with Gasteiger partial charge < -0.3 is 10.5 Å². The Kier molecular flexibility index (Phi) is 3.83. The van der Waals surface area contributed by atoms with E-state index in [0.717, 1.165) is 5.56 Å². The Balaban J connectivity index is 0.00000121. The monoisotopic (exact) mass is 191 g/mol. The van der Waals surface area contributed by atoms with Gasteiger partial charge in [0, 0.05) is 0 Å². The van der Waals surface area contributed by atoms with Crippen LogP contribution in [0.4, 0.5) is 10.1 Å². The van der Waals surface area contributed by atoms with Gasteiger partial charge in [-0.1, -0.05) is 0 Å². The van der Waals surface area contributed by atoms with Gasteiger partial charge in [-0.3, -0.25) is 0 Å². The van der Waals surface area contributed by atoms with Crippen molar-refractivity contribution in [2.75, 3.05) is 12.8 Å². The molecule has 0 saturated heterocycles. The van der Waals surface area contributed by atoms with Crippen molar-refractivity contribution in [1.29, 1.82) is 0 Å². The normalized spacial score (nSPS) is 8.92. The summed E-state index contributed by atoms with van der Waals surface area (Å²) in [5.41, 5.74) is 6.23. The molecule has 0 radical (unpaired) electrons. The van der Waals surface area contributed by atoms with Crippen LogP contribution in [0.1, 0.15) is 5.56 Å². The summed E-state index contributed by atoms with van der Waals surface area (Å²) in [5.74, 6) is -0.0376. The summed E-state index contributed by atoms with van der Waals surface area (Å²) in [5, 5.41) is 0. The number of ether oxygens (including phenoxy) is 1. The molecule has 0 fully saturated rings. The molecule has 0 heterocycles. The second kappa shape index (κ2) is 4.16. The van der Waals surface area contributed by atoms with E-state index in [4.69, 9.17) is 10.5 Å². The first-order chi connectivity index (χ1) is 5.15. The third-order valence-corrected chi connectivity index (χ3v) is 1.46. The molecule has 0 aliphatic carbocycles. The summed E-state index contributed by atoms with van der Waals surface area (Å²) in [6.45, 7) is 1.78. The first-order valence-electron chi connectivity index (χ1n) is 3.24. The Labute approximate surface area is 76.9 Å². The Hall–Kier alpha value is -0.960. The molecule has 0 atom stereocenters. The number of halogens is 2. The molecule has 1 aromatic carbocycles. The summed E-state index contributed by atoms with van der Waals surface area (Å²) in [7, 11) is 1.46. The summed E-state index contributed by atoms with van der Waals surface area (Å²) < 4.78 is 17.7. The van der Waals surface area contributed by atoms with Crippen LogP contribution in [0.5, 0.6) is 5.75 Å². The van der Waals surface area contributed by atoms with Crippen LogP contribution in [0.3, 0.4) is 0 Å². The largest absolute Gasteiger partial charge is 0.494 e. The fourth-order valence-electron chi connectivity index (χ4n) is 0.890. The SMILES string of the molecule is COc1cc(C)cc(F)c1N.Cl. The molecule has 0 saturated carbocycles. The molecule has 1 aromatic rings. The number of nitrogen functional groups attached to an aromatic ring is 1. The minimum atomic E-state index is -0.429. The standard InChI is InChI=1S/C8H10FNO.ClH/c1-5-3-6(9)8(10)7(4-5)11-2;/h3-4H,10H2,1-2H3;1H. The fraction of sp³-hybridized carbons (Fsp3) is 0.250. The van der Waals surface area contributed by atoms with Gasteiger partial charge in [-0.05, 0) is 24.6 Å². The van der Waals surface area contributed by atoms with Crippen molar-refractivity contribution in [3.05, 3.63) is 23.5 Å². The zero-order chi connectivity index (χ0) is 8.43. The van der Waals surface area contributed by atoms with Gasteiger partial charge in [0.2, 0.25) is 0 Å². The quantitative estimate of drug-likeness (QED) is 0.691. The number of benzene rings is 1. The highest BCUT2D eigenvalue weighted by Gasteiger charge is 2.05. The number of anilines is 1. The van der Waals surface area contributed by atoms with Gasteiger partial charge in [-0.25, -0.2) is 4.39 Å². The maximum Gasteiger partial charge on any atom is 0.150 e. The average Bonchev–Trinajstić information content (AvgIpc) is 1.96. The first-order valence-corrected chi connectivity index (χ1v) is 3.24. The molecule has 12 heavy (non-hydrogen) atoms. The highest BCUT2D eigenvalue weighted by molar-refractivity contribution is 5.85. The van der Waals surface area contributed by atoms with Crippen LogP contribution in [0.15, 0.2) is 12.1 Å². The Morgan fingerprint density at radius 2 is 2.00 bits per heavy atom. The van der Waals surface area contributed by atoms with E-state index in [1.54, 1.807) is 13.0 Å². The molecular formula is C8H11ClFNO. The van der Waals surface area contributed by atoms with Crippen LogP contribution < -0.4 is 10.5 Å². The molecule has 0 unspecified atom stereocenters. The summed E-state index contributed by atoms with van der Waals surface area (Å²) >= 11 is 0. The molecule has 4 heteroatoms. The van der Waals surface area contributed by atoms with E-state index < -0.39 is 5.82 Å². The maximum atomic E-state index is 12.8. The Bertz CT molecular complexity index is 278. The number of rotatable bonds is 1. The van der Waals surface area contributed by atoms with Crippen LogP contribution in [0, 0.1) is 12.7 Å². The lowest BCUT2D eigenvalue weighted by Gasteiger charge is -2.05. The number of hydrogen-bond acceptors (Lipinski definition) is 2. The summed E-state index contributed by atoms with van der Waals surface area (Å²) in [4.78, 5) is 0. The molecule has 1 rings (SSSR count).